The van der Waals surface area contributed by atoms with Gasteiger partial charge in [-0.3, -0.25) is 9.69 Å². The van der Waals surface area contributed by atoms with Gasteiger partial charge < -0.3 is 4.74 Å². The molecule has 1 aliphatic rings. The number of ether oxygens (including phenoxy) is 1. The molecule has 0 aromatic heterocycles. The van der Waals surface area contributed by atoms with Gasteiger partial charge in [0.25, 0.3) is 0 Å². The van der Waals surface area contributed by atoms with Crippen molar-refractivity contribution in [3.05, 3.63) is 0 Å². The van der Waals surface area contributed by atoms with Crippen LogP contribution < -0.4 is 0 Å². The first-order chi connectivity index (χ1) is 8.08. The molecule has 100 valence electrons. The molecule has 0 N–H and O–H groups in total. The van der Waals surface area contributed by atoms with Gasteiger partial charge in [-0.05, 0) is 13.3 Å². The molecule has 17 heavy (non-hydrogen) atoms. The Morgan fingerprint density at radius 2 is 1.94 bits per heavy atom. The lowest BCUT2D eigenvalue weighted by molar-refractivity contribution is -0.150. The highest BCUT2D eigenvalue weighted by molar-refractivity contribution is 8.00. The maximum Gasteiger partial charge on any atom is 0.323 e. The van der Waals surface area contributed by atoms with Gasteiger partial charge in [0.2, 0.25) is 0 Å². The number of rotatable bonds is 5. The van der Waals surface area contributed by atoms with E-state index in [0.717, 1.165) is 25.9 Å². The Hall–Kier alpha value is -0.220. The molecule has 1 rings (SSSR count). The highest BCUT2D eigenvalue weighted by Gasteiger charge is 2.32. The summed E-state index contributed by atoms with van der Waals surface area (Å²) in [6, 6.07) is -0.0363. The fraction of sp³-hybridized carbons (Fsp3) is 0.923. The summed E-state index contributed by atoms with van der Waals surface area (Å²) in [6.45, 7) is 10.9. The third kappa shape index (κ3) is 4.51. The lowest BCUT2D eigenvalue weighted by Gasteiger charge is -2.38. The molecule has 0 radical (unpaired) electrons. The van der Waals surface area contributed by atoms with Gasteiger partial charge in [-0.2, -0.15) is 11.8 Å². The fourth-order valence-electron chi connectivity index (χ4n) is 2.43. The number of hydrogen-bond acceptors (Lipinski definition) is 4. The molecule has 0 bridgehead atoms. The van der Waals surface area contributed by atoms with E-state index in [1.807, 2.05) is 18.7 Å². The number of thioether (sulfide) groups is 1. The van der Waals surface area contributed by atoms with Crippen molar-refractivity contribution < 1.29 is 9.53 Å². The number of hydrogen-bond donors (Lipinski definition) is 0. The molecule has 3 atom stereocenters. The zero-order chi connectivity index (χ0) is 12.8. The molecule has 0 spiro atoms. The Bertz CT molecular complexity index is 238. The van der Waals surface area contributed by atoms with Gasteiger partial charge >= 0.3 is 5.97 Å². The molecular formula is C13H25NO2S. The second-order valence-corrected chi connectivity index (χ2v) is 6.65. The Morgan fingerprint density at radius 3 is 2.41 bits per heavy atom. The van der Waals surface area contributed by atoms with Gasteiger partial charge in [-0.25, -0.2) is 0 Å². The van der Waals surface area contributed by atoms with Gasteiger partial charge in [0, 0.05) is 23.6 Å². The normalized spacial score (nSPS) is 27.8. The molecule has 0 aromatic carbocycles. The Morgan fingerprint density at radius 1 is 1.35 bits per heavy atom. The van der Waals surface area contributed by atoms with Crippen LogP contribution in [-0.2, 0) is 9.53 Å². The molecule has 0 aromatic rings. The Balaban J connectivity index is 2.65. The smallest absolute Gasteiger partial charge is 0.323 e. The summed E-state index contributed by atoms with van der Waals surface area (Å²) in [6.07, 6.45) is 1.93. The van der Waals surface area contributed by atoms with Crippen LogP contribution in [-0.4, -0.2) is 47.1 Å². The largest absolute Gasteiger partial charge is 0.465 e. The van der Waals surface area contributed by atoms with E-state index in [1.54, 1.807) is 0 Å². The number of carbonyl (C=O) groups excluding carboxylic acids is 1. The summed E-state index contributed by atoms with van der Waals surface area (Å²) >= 11 is 2.01. The third-order valence-corrected chi connectivity index (χ3v) is 4.24. The highest BCUT2D eigenvalue weighted by Crippen LogP contribution is 2.27. The Labute approximate surface area is 109 Å². The molecule has 0 amide bonds. The van der Waals surface area contributed by atoms with Crippen LogP contribution in [0.2, 0.25) is 0 Å². The lowest BCUT2D eigenvalue weighted by atomic mass is 10.1. The molecule has 1 aliphatic heterocycles. The zero-order valence-corrected chi connectivity index (χ0v) is 12.3. The van der Waals surface area contributed by atoms with Crippen LogP contribution >= 0.6 is 11.8 Å². The summed E-state index contributed by atoms with van der Waals surface area (Å²) in [5, 5.41) is 1.21. The van der Waals surface area contributed by atoms with Crippen molar-refractivity contribution in [2.75, 3.05) is 19.7 Å². The van der Waals surface area contributed by atoms with E-state index >= 15 is 0 Å². The number of nitrogens with zero attached hydrogens (tertiary/aromatic N) is 1. The van der Waals surface area contributed by atoms with E-state index in [2.05, 4.69) is 25.7 Å². The highest BCUT2D eigenvalue weighted by atomic mass is 32.2. The van der Waals surface area contributed by atoms with Crippen molar-refractivity contribution in [3.63, 3.8) is 0 Å². The first kappa shape index (κ1) is 14.8. The van der Waals surface area contributed by atoms with Crippen LogP contribution in [0.3, 0.4) is 0 Å². The van der Waals surface area contributed by atoms with E-state index < -0.39 is 0 Å². The second kappa shape index (κ2) is 7.27. The SMILES string of the molecule is CCCC(C(=O)OCC)N1CC(C)SC(C)C1. The topological polar surface area (TPSA) is 29.5 Å². The summed E-state index contributed by atoms with van der Waals surface area (Å²) < 4.78 is 5.19. The van der Waals surface area contributed by atoms with Crippen LogP contribution in [0.15, 0.2) is 0 Å². The maximum absolute atomic E-state index is 12.0. The average molecular weight is 259 g/mol. The maximum atomic E-state index is 12.0. The lowest BCUT2D eigenvalue weighted by Crippen LogP contribution is -2.50. The first-order valence-corrected chi connectivity index (χ1v) is 7.58. The minimum absolute atomic E-state index is 0.0363. The van der Waals surface area contributed by atoms with Crippen molar-refractivity contribution in [1.82, 2.24) is 4.90 Å². The average Bonchev–Trinajstić information content (AvgIpc) is 2.24. The van der Waals surface area contributed by atoms with E-state index in [1.165, 1.54) is 0 Å². The molecule has 1 fully saturated rings. The number of esters is 1. The molecule has 3 unspecified atom stereocenters. The summed E-state index contributed by atoms with van der Waals surface area (Å²) in [7, 11) is 0. The van der Waals surface area contributed by atoms with E-state index in [4.69, 9.17) is 4.74 Å². The quantitative estimate of drug-likeness (QED) is 0.710. The monoisotopic (exact) mass is 259 g/mol. The van der Waals surface area contributed by atoms with Crippen molar-refractivity contribution in [2.24, 2.45) is 0 Å². The molecule has 3 nitrogen and oxygen atoms in total. The molecule has 0 saturated carbocycles. The molecular weight excluding hydrogens is 234 g/mol. The van der Waals surface area contributed by atoms with Crippen molar-refractivity contribution in [3.8, 4) is 0 Å². The van der Waals surface area contributed by atoms with Crippen LogP contribution in [0.25, 0.3) is 0 Å². The van der Waals surface area contributed by atoms with Crippen LogP contribution in [0.4, 0.5) is 0 Å². The Kier molecular flexibility index (Phi) is 6.34. The third-order valence-electron chi connectivity index (χ3n) is 3.01. The molecule has 1 saturated heterocycles. The van der Waals surface area contributed by atoms with Gasteiger partial charge in [0.15, 0.2) is 0 Å². The first-order valence-electron chi connectivity index (χ1n) is 6.64. The molecule has 0 aliphatic carbocycles. The predicted octanol–water partition coefficient (Wildman–Crippen LogP) is 2.54. The van der Waals surface area contributed by atoms with Crippen molar-refractivity contribution in [2.45, 2.75) is 57.1 Å². The predicted molar refractivity (Wildman–Crippen MR) is 73.4 cm³/mol. The minimum atomic E-state index is -0.0411. The van der Waals surface area contributed by atoms with Gasteiger partial charge in [-0.1, -0.05) is 27.2 Å². The van der Waals surface area contributed by atoms with Gasteiger partial charge in [0.1, 0.15) is 6.04 Å². The summed E-state index contributed by atoms with van der Waals surface area (Å²) in [4.78, 5) is 14.3. The summed E-state index contributed by atoms with van der Waals surface area (Å²) in [5.74, 6) is -0.0411. The number of carbonyl (C=O) groups is 1. The second-order valence-electron chi connectivity index (χ2n) is 4.77. The van der Waals surface area contributed by atoms with E-state index in [9.17, 15) is 4.79 Å². The zero-order valence-electron chi connectivity index (χ0n) is 11.4. The van der Waals surface area contributed by atoms with E-state index in [-0.39, 0.29) is 12.0 Å². The molecule has 4 heteroatoms. The van der Waals surface area contributed by atoms with Crippen molar-refractivity contribution in [1.29, 1.82) is 0 Å². The van der Waals surface area contributed by atoms with E-state index in [0.29, 0.717) is 17.1 Å². The summed E-state index contributed by atoms with van der Waals surface area (Å²) in [5.41, 5.74) is 0. The van der Waals surface area contributed by atoms with Gasteiger partial charge in [-0.15, -0.1) is 0 Å². The standard InChI is InChI=1S/C13H25NO2S/c1-5-7-12(13(15)16-6-2)14-8-10(3)17-11(4)9-14/h10-12H,5-9H2,1-4H3. The van der Waals surface area contributed by atoms with Crippen LogP contribution in [0, 0.1) is 0 Å². The minimum Gasteiger partial charge on any atom is -0.465 e. The van der Waals surface area contributed by atoms with Gasteiger partial charge in [0.05, 0.1) is 6.61 Å². The van der Waals surface area contributed by atoms with Crippen molar-refractivity contribution >= 4 is 17.7 Å². The van der Waals surface area contributed by atoms with Crippen LogP contribution in [0.5, 0.6) is 0 Å². The fourth-order valence-corrected chi connectivity index (χ4v) is 3.78. The van der Waals surface area contributed by atoms with Crippen LogP contribution in [0.1, 0.15) is 40.5 Å². The molecule has 1 heterocycles.